The molecule has 7 nitrogen and oxygen atoms in total. The molecule has 0 radical (unpaired) electrons. The Labute approximate surface area is 127 Å². The summed E-state index contributed by atoms with van der Waals surface area (Å²) in [4.78, 5) is 16.7. The van der Waals surface area contributed by atoms with Crippen LogP contribution in [0.2, 0.25) is 0 Å². The maximum atomic E-state index is 12.1. The standard InChI is InChI=1S/C11H15BrN4O3S/c12-7-4-9(10(13)14-5-7)20(19)15-6-8-2-1-3-16(8)11(17)18/h4-5,8,15H,1-3,6H2,(H2,13,14)(H,17,18)/t8-,20?/m0/s1. The molecule has 1 aromatic rings. The molecular formula is C11H15BrN4O3S. The smallest absolute Gasteiger partial charge is 0.407 e. The average molecular weight is 363 g/mol. The average Bonchev–Trinajstić information content (AvgIpc) is 2.87. The van der Waals surface area contributed by atoms with Crippen LogP contribution in [0.3, 0.4) is 0 Å². The van der Waals surface area contributed by atoms with Crippen LogP contribution in [0.15, 0.2) is 21.6 Å². The quantitative estimate of drug-likeness (QED) is 0.745. The van der Waals surface area contributed by atoms with E-state index in [0.29, 0.717) is 22.5 Å². The molecule has 0 saturated carbocycles. The van der Waals surface area contributed by atoms with Gasteiger partial charge in [0.1, 0.15) is 16.8 Å². The zero-order valence-electron chi connectivity index (χ0n) is 10.6. The Morgan fingerprint density at radius 3 is 3.15 bits per heavy atom. The van der Waals surface area contributed by atoms with Crippen LogP contribution in [-0.4, -0.2) is 44.4 Å². The van der Waals surface area contributed by atoms with Crippen LogP contribution >= 0.6 is 15.9 Å². The zero-order valence-corrected chi connectivity index (χ0v) is 13.0. The van der Waals surface area contributed by atoms with Crippen LogP contribution in [0.5, 0.6) is 0 Å². The summed E-state index contributed by atoms with van der Waals surface area (Å²) in [6.45, 7) is 0.847. The molecule has 4 N–H and O–H groups in total. The Kier molecular flexibility index (Phi) is 4.95. The van der Waals surface area contributed by atoms with E-state index in [0.717, 1.165) is 12.8 Å². The van der Waals surface area contributed by atoms with Crippen molar-refractivity contribution in [3.8, 4) is 0 Å². The Bertz CT molecular complexity index is 542. The van der Waals surface area contributed by atoms with Crippen molar-refractivity contribution in [2.24, 2.45) is 0 Å². The molecule has 0 spiro atoms. The minimum atomic E-state index is -1.52. The van der Waals surface area contributed by atoms with Gasteiger partial charge in [-0.1, -0.05) is 0 Å². The second-order valence-electron chi connectivity index (χ2n) is 4.43. The van der Waals surface area contributed by atoms with Gasteiger partial charge in [-0.3, -0.25) is 0 Å². The third-order valence-corrected chi connectivity index (χ3v) is 4.71. The highest BCUT2D eigenvalue weighted by atomic mass is 79.9. The number of nitrogens with two attached hydrogens (primary N) is 1. The van der Waals surface area contributed by atoms with E-state index in [1.165, 1.54) is 11.1 Å². The summed E-state index contributed by atoms with van der Waals surface area (Å²) in [5.41, 5.74) is 5.68. The van der Waals surface area contributed by atoms with Crippen molar-refractivity contribution in [1.29, 1.82) is 0 Å². The number of likely N-dealkylation sites (tertiary alicyclic amines) is 1. The minimum Gasteiger partial charge on any atom is -0.465 e. The number of aromatic nitrogens is 1. The van der Waals surface area contributed by atoms with E-state index in [2.05, 4.69) is 25.6 Å². The molecule has 1 aliphatic rings. The number of nitrogens with zero attached hydrogens (tertiary/aromatic N) is 2. The highest BCUT2D eigenvalue weighted by Gasteiger charge is 2.28. The third-order valence-electron chi connectivity index (χ3n) is 3.12. The van der Waals surface area contributed by atoms with Crippen molar-refractivity contribution >= 4 is 38.8 Å². The van der Waals surface area contributed by atoms with Crippen LogP contribution < -0.4 is 10.5 Å². The lowest BCUT2D eigenvalue weighted by molar-refractivity contribution is 0.141. The topological polar surface area (TPSA) is 109 Å². The Balaban J connectivity index is 1.98. The molecule has 1 saturated heterocycles. The maximum Gasteiger partial charge on any atom is 0.407 e. The molecule has 110 valence electrons. The number of pyridine rings is 1. The molecule has 2 heterocycles. The molecule has 1 aliphatic heterocycles. The number of amides is 1. The number of nitrogens with one attached hydrogen (secondary N) is 1. The highest BCUT2D eigenvalue weighted by molar-refractivity contribution is 9.10. The lowest BCUT2D eigenvalue weighted by atomic mass is 10.2. The molecule has 1 unspecified atom stereocenters. The van der Waals surface area contributed by atoms with E-state index in [-0.39, 0.29) is 11.9 Å². The van der Waals surface area contributed by atoms with E-state index in [9.17, 15) is 9.00 Å². The van der Waals surface area contributed by atoms with Crippen molar-refractivity contribution < 1.29 is 14.1 Å². The van der Waals surface area contributed by atoms with E-state index in [1.54, 1.807) is 6.07 Å². The van der Waals surface area contributed by atoms with Crippen LogP contribution in [0.4, 0.5) is 10.6 Å². The second-order valence-corrected chi connectivity index (χ2v) is 6.61. The molecule has 1 fully saturated rings. The van der Waals surface area contributed by atoms with Gasteiger partial charge in [0, 0.05) is 29.8 Å². The number of nitrogen functional groups attached to an aromatic ring is 1. The van der Waals surface area contributed by atoms with E-state index in [1.807, 2.05) is 0 Å². The van der Waals surface area contributed by atoms with Crippen LogP contribution in [0.1, 0.15) is 12.8 Å². The molecule has 20 heavy (non-hydrogen) atoms. The van der Waals surface area contributed by atoms with Gasteiger partial charge in [-0.25, -0.2) is 18.7 Å². The van der Waals surface area contributed by atoms with Gasteiger partial charge in [0.25, 0.3) is 0 Å². The Morgan fingerprint density at radius 1 is 1.70 bits per heavy atom. The monoisotopic (exact) mass is 362 g/mol. The zero-order chi connectivity index (χ0) is 14.7. The van der Waals surface area contributed by atoms with Gasteiger partial charge >= 0.3 is 6.09 Å². The normalized spacial score (nSPS) is 20.1. The molecule has 0 aromatic carbocycles. The van der Waals surface area contributed by atoms with Gasteiger partial charge in [-0.15, -0.1) is 0 Å². The predicted molar refractivity (Wildman–Crippen MR) is 78.5 cm³/mol. The molecule has 9 heteroatoms. The number of hydrogen-bond donors (Lipinski definition) is 3. The molecule has 0 bridgehead atoms. The van der Waals surface area contributed by atoms with Gasteiger partial charge < -0.3 is 15.7 Å². The second kappa shape index (κ2) is 6.51. The fourth-order valence-electron chi connectivity index (χ4n) is 2.13. The van der Waals surface area contributed by atoms with Crippen molar-refractivity contribution in [3.63, 3.8) is 0 Å². The van der Waals surface area contributed by atoms with Crippen molar-refractivity contribution in [1.82, 2.24) is 14.6 Å². The fourth-order valence-corrected chi connectivity index (χ4v) is 3.59. The summed E-state index contributed by atoms with van der Waals surface area (Å²) in [6.07, 6.45) is 2.18. The maximum absolute atomic E-state index is 12.1. The molecule has 2 atom stereocenters. The van der Waals surface area contributed by atoms with Crippen LogP contribution in [0, 0.1) is 0 Å². The van der Waals surface area contributed by atoms with Crippen molar-refractivity contribution in [2.75, 3.05) is 18.8 Å². The van der Waals surface area contributed by atoms with E-state index in [4.69, 9.17) is 10.8 Å². The Morgan fingerprint density at radius 2 is 2.45 bits per heavy atom. The van der Waals surface area contributed by atoms with E-state index < -0.39 is 17.1 Å². The summed E-state index contributed by atoms with van der Waals surface area (Å²) in [5.74, 6) is 0.195. The lowest BCUT2D eigenvalue weighted by Crippen LogP contribution is -2.41. The summed E-state index contributed by atoms with van der Waals surface area (Å²) in [6, 6.07) is 1.48. The number of hydrogen-bond acceptors (Lipinski definition) is 4. The first-order chi connectivity index (χ1) is 9.49. The van der Waals surface area contributed by atoms with E-state index >= 15 is 0 Å². The first kappa shape index (κ1) is 15.2. The van der Waals surface area contributed by atoms with Crippen LogP contribution in [0.25, 0.3) is 0 Å². The first-order valence-corrected chi connectivity index (χ1v) is 7.99. The number of carboxylic acid groups (broad SMARTS) is 1. The van der Waals surface area contributed by atoms with Crippen LogP contribution in [-0.2, 0) is 11.0 Å². The fraction of sp³-hybridized carbons (Fsp3) is 0.455. The molecule has 2 rings (SSSR count). The number of carbonyl (C=O) groups is 1. The molecular weight excluding hydrogens is 348 g/mol. The van der Waals surface area contributed by atoms with Crippen molar-refractivity contribution in [2.45, 2.75) is 23.8 Å². The summed E-state index contributed by atoms with van der Waals surface area (Å²) in [5, 5.41) is 9.03. The summed E-state index contributed by atoms with van der Waals surface area (Å²) >= 11 is 3.24. The molecule has 1 amide bonds. The highest BCUT2D eigenvalue weighted by Crippen LogP contribution is 2.20. The number of anilines is 1. The minimum absolute atomic E-state index is 0.155. The van der Waals surface area contributed by atoms with Gasteiger partial charge in [-0.05, 0) is 34.8 Å². The van der Waals surface area contributed by atoms with Gasteiger partial charge in [0.05, 0.1) is 4.90 Å². The number of rotatable bonds is 4. The third kappa shape index (κ3) is 3.47. The van der Waals surface area contributed by atoms with Gasteiger partial charge in [0.15, 0.2) is 0 Å². The summed E-state index contributed by atoms with van der Waals surface area (Å²) in [7, 11) is -1.52. The van der Waals surface area contributed by atoms with Gasteiger partial charge in [-0.2, -0.15) is 0 Å². The SMILES string of the molecule is Nc1ncc(Br)cc1S(=O)NC[C@@H]1CCCN1C(=O)O. The number of halogens is 1. The first-order valence-electron chi connectivity index (χ1n) is 6.05. The van der Waals surface area contributed by atoms with Gasteiger partial charge in [0.2, 0.25) is 0 Å². The predicted octanol–water partition coefficient (Wildman–Crippen LogP) is 1.18. The molecule has 0 aliphatic carbocycles. The van der Waals surface area contributed by atoms with Crippen molar-refractivity contribution in [3.05, 3.63) is 16.7 Å². The largest absolute Gasteiger partial charge is 0.465 e. The lowest BCUT2D eigenvalue weighted by Gasteiger charge is -2.21. The molecule has 1 aromatic heterocycles. The Hall–Kier alpha value is -1.19. The summed E-state index contributed by atoms with van der Waals surface area (Å²) < 4.78 is 15.6.